The van der Waals surface area contributed by atoms with Gasteiger partial charge in [0.25, 0.3) is 5.91 Å². The van der Waals surface area contributed by atoms with Gasteiger partial charge in [-0.15, -0.1) is 0 Å². The van der Waals surface area contributed by atoms with Crippen molar-refractivity contribution in [3.63, 3.8) is 0 Å². The van der Waals surface area contributed by atoms with Gasteiger partial charge in [-0.2, -0.15) is 0 Å². The van der Waals surface area contributed by atoms with Crippen molar-refractivity contribution in [2.75, 3.05) is 30.5 Å². The number of hydrogen-bond donors (Lipinski definition) is 1. The second-order valence-electron chi connectivity index (χ2n) is 7.08. The number of nitrogens with one attached hydrogen (secondary N) is 1. The highest BCUT2D eigenvalue weighted by Crippen LogP contribution is 2.28. The molecular formula is C22H24N2O5. The van der Waals surface area contributed by atoms with Gasteiger partial charge >= 0.3 is 5.97 Å². The summed E-state index contributed by atoms with van der Waals surface area (Å²) in [4.78, 5) is 38.4. The van der Waals surface area contributed by atoms with Crippen LogP contribution in [0.1, 0.15) is 17.5 Å². The normalized spacial score (nSPS) is 15.9. The molecule has 0 aliphatic carbocycles. The van der Waals surface area contributed by atoms with E-state index in [1.807, 2.05) is 32.0 Å². The third-order valence-corrected chi connectivity index (χ3v) is 4.84. The first kappa shape index (κ1) is 20.4. The number of ether oxygens (including phenoxy) is 2. The maximum Gasteiger partial charge on any atom is 0.311 e. The number of benzene rings is 2. The van der Waals surface area contributed by atoms with Crippen molar-refractivity contribution in [2.24, 2.45) is 5.92 Å². The van der Waals surface area contributed by atoms with Crippen molar-refractivity contribution < 1.29 is 23.9 Å². The number of rotatable bonds is 6. The highest BCUT2D eigenvalue weighted by atomic mass is 16.5. The van der Waals surface area contributed by atoms with Gasteiger partial charge in [0.05, 0.1) is 13.0 Å². The molecule has 3 rings (SSSR count). The molecule has 0 bridgehead atoms. The molecule has 29 heavy (non-hydrogen) atoms. The molecule has 0 aromatic heterocycles. The molecule has 0 spiro atoms. The molecule has 7 nitrogen and oxygen atoms in total. The molecule has 1 aliphatic heterocycles. The van der Waals surface area contributed by atoms with Crippen LogP contribution >= 0.6 is 0 Å². The van der Waals surface area contributed by atoms with Crippen molar-refractivity contribution in [1.29, 1.82) is 0 Å². The quantitative estimate of drug-likeness (QED) is 0.759. The van der Waals surface area contributed by atoms with E-state index in [-0.39, 0.29) is 18.9 Å². The van der Waals surface area contributed by atoms with Gasteiger partial charge in [0.2, 0.25) is 5.91 Å². The molecule has 2 aromatic carbocycles. The SMILES string of the molecule is COc1cccc(N2C[C@H](C(=O)OCC(=O)Nc3cc(C)ccc3C)CC2=O)c1. The fourth-order valence-corrected chi connectivity index (χ4v) is 3.20. The molecule has 0 saturated carbocycles. The zero-order chi connectivity index (χ0) is 21.0. The molecule has 1 N–H and O–H groups in total. The molecule has 0 radical (unpaired) electrons. The summed E-state index contributed by atoms with van der Waals surface area (Å²) in [5.74, 6) is -1.12. The van der Waals surface area contributed by atoms with E-state index >= 15 is 0 Å². The van der Waals surface area contributed by atoms with Crippen molar-refractivity contribution >= 4 is 29.2 Å². The number of anilines is 2. The van der Waals surface area contributed by atoms with Gasteiger partial charge in [0.1, 0.15) is 5.75 Å². The Labute approximate surface area is 169 Å². The van der Waals surface area contributed by atoms with E-state index in [4.69, 9.17) is 9.47 Å². The van der Waals surface area contributed by atoms with E-state index in [1.165, 1.54) is 4.90 Å². The van der Waals surface area contributed by atoms with E-state index in [0.29, 0.717) is 17.1 Å². The Morgan fingerprint density at radius 2 is 1.97 bits per heavy atom. The average molecular weight is 396 g/mol. The highest BCUT2D eigenvalue weighted by molar-refractivity contribution is 6.00. The summed E-state index contributed by atoms with van der Waals surface area (Å²) in [5, 5.41) is 2.75. The van der Waals surface area contributed by atoms with E-state index in [1.54, 1.807) is 31.4 Å². The Kier molecular flexibility index (Phi) is 6.16. The van der Waals surface area contributed by atoms with Gasteiger partial charge in [0, 0.05) is 30.4 Å². The van der Waals surface area contributed by atoms with E-state index in [9.17, 15) is 14.4 Å². The van der Waals surface area contributed by atoms with E-state index in [2.05, 4.69) is 5.32 Å². The zero-order valence-electron chi connectivity index (χ0n) is 16.7. The maximum atomic E-state index is 12.4. The summed E-state index contributed by atoms with van der Waals surface area (Å²) >= 11 is 0. The van der Waals surface area contributed by atoms with E-state index in [0.717, 1.165) is 11.1 Å². The molecule has 1 fully saturated rings. The molecule has 0 unspecified atom stereocenters. The van der Waals surface area contributed by atoms with Crippen LogP contribution in [-0.2, 0) is 19.1 Å². The van der Waals surface area contributed by atoms with Crippen LogP contribution in [-0.4, -0.2) is 38.0 Å². The van der Waals surface area contributed by atoms with Crippen molar-refractivity contribution in [1.82, 2.24) is 0 Å². The first-order valence-electron chi connectivity index (χ1n) is 9.35. The van der Waals surface area contributed by atoms with Crippen LogP contribution in [0.4, 0.5) is 11.4 Å². The average Bonchev–Trinajstić information content (AvgIpc) is 3.10. The van der Waals surface area contributed by atoms with Crippen molar-refractivity contribution in [3.8, 4) is 5.75 Å². The third kappa shape index (κ3) is 4.93. The smallest absolute Gasteiger partial charge is 0.311 e. The lowest BCUT2D eigenvalue weighted by Gasteiger charge is -2.17. The van der Waals surface area contributed by atoms with Crippen molar-refractivity contribution in [3.05, 3.63) is 53.6 Å². The summed E-state index contributed by atoms with van der Waals surface area (Å²) in [6, 6.07) is 12.8. The lowest BCUT2D eigenvalue weighted by molar-refractivity contribution is -0.151. The minimum Gasteiger partial charge on any atom is -0.497 e. The van der Waals surface area contributed by atoms with Crippen LogP contribution in [0, 0.1) is 19.8 Å². The molecule has 7 heteroatoms. The molecule has 1 atom stereocenters. The van der Waals surface area contributed by atoms with Crippen LogP contribution in [0.2, 0.25) is 0 Å². The third-order valence-electron chi connectivity index (χ3n) is 4.84. The predicted octanol–water partition coefficient (Wildman–Crippen LogP) is 2.85. The van der Waals surface area contributed by atoms with Gasteiger partial charge in [-0.3, -0.25) is 14.4 Å². The number of carbonyl (C=O) groups is 3. The summed E-state index contributed by atoms with van der Waals surface area (Å²) < 4.78 is 10.3. The summed E-state index contributed by atoms with van der Waals surface area (Å²) in [6.45, 7) is 3.64. The second-order valence-corrected chi connectivity index (χ2v) is 7.08. The van der Waals surface area contributed by atoms with Gasteiger partial charge in [-0.05, 0) is 43.2 Å². The monoisotopic (exact) mass is 396 g/mol. The van der Waals surface area contributed by atoms with Crippen LogP contribution in [0.3, 0.4) is 0 Å². The minimum absolute atomic E-state index is 0.0502. The van der Waals surface area contributed by atoms with Gasteiger partial charge in [0.15, 0.2) is 6.61 Å². The van der Waals surface area contributed by atoms with Gasteiger partial charge in [-0.25, -0.2) is 0 Å². The Morgan fingerprint density at radius 1 is 1.17 bits per heavy atom. The Hall–Kier alpha value is -3.35. The molecule has 1 saturated heterocycles. The molecule has 1 aliphatic rings. The minimum atomic E-state index is -0.609. The Morgan fingerprint density at radius 3 is 2.72 bits per heavy atom. The number of amides is 2. The first-order valence-corrected chi connectivity index (χ1v) is 9.35. The second kappa shape index (κ2) is 8.77. The number of nitrogens with zero attached hydrogens (tertiary/aromatic N) is 1. The Balaban J connectivity index is 1.55. The predicted molar refractivity (Wildman–Crippen MR) is 109 cm³/mol. The van der Waals surface area contributed by atoms with Crippen molar-refractivity contribution in [2.45, 2.75) is 20.3 Å². The number of aryl methyl sites for hydroxylation is 2. The van der Waals surface area contributed by atoms with Crippen LogP contribution in [0.5, 0.6) is 5.75 Å². The molecule has 2 amide bonds. The maximum absolute atomic E-state index is 12.4. The summed E-state index contributed by atoms with van der Waals surface area (Å²) in [7, 11) is 1.55. The highest BCUT2D eigenvalue weighted by Gasteiger charge is 2.36. The lowest BCUT2D eigenvalue weighted by Crippen LogP contribution is -2.28. The van der Waals surface area contributed by atoms with E-state index < -0.39 is 24.4 Å². The summed E-state index contributed by atoms with van der Waals surface area (Å²) in [6.07, 6.45) is 0.0502. The van der Waals surface area contributed by atoms with Crippen LogP contribution < -0.4 is 15.0 Å². The number of methoxy groups -OCH3 is 1. The van der Waals surface area contributed by atoms with Gasteiger partial charge < -0.3 is 19.7 Å². The molecule has 2 aromatic rings. The zero-order valence-corrected chi connectivity index (χ0v) is 16.7. The van der Waals surface area contributed by atoms with Crippen LogP contribution in [0.15, 0.2) is 42.5 Å². The molecular weight excluding hydrogens is 372 g/mol. The lowest BCUT2D eigenvalue weighted by atomic mass is 10.1. The largest absolute Gasteiger partial charge is 0.497 e. The fraction of sp³-hybridized carbons (Fsp3) is 0.318. The fourth-order valence-electron chi connectivity index (χ4n) is 3.20. The number of esters is 1. The molecule has 1 heterocycles. The number of carbonyl (C=O) groups excluding carboxylic acids is 3. The number of hydrogen-bond acceptors (Lipinski definition) is 5. The first-order chi connectivity index (χ1) is 13.9. The standard InChI is InChI=1S/C22H24N2O5/c1-14-7-8-15(2)19(9-14)23-20(25)13-29-22(27)16-10-21(26)24(12-16)17-5-4-6-18(11-17)28-3/h4-9,11,16H,10,12-13H2,1-3H3,(H,23,25)/t16-/m1/s1. The van der Waals surface area contributed by atoms with Gasteiger partial charge in [-0.1, -0.05) is 18.2 Å². The molecule has 152 valence electrons. The Bertz CT molecular complexity index is 941. The summed E-state index contributed by atoms with van der Waals surface area (Å²) in [5.41, 5.74) is 3.29. The van der Waals surface area contributed by atoms with Crippen LogP contribution in [0.25, 0.3) is 0 Å². The topological polar surface area (TPSA) is 84.9 Å².